The van der Waals surface area contributed by atoms with Crippen molar-refractivity contribution >= 4 is 18.7 Å². The third-order valence-corrected chi connectivity index (χ3v) is 3.70. The molecule has 6 heteroatoms. The van der Waals surface area contributed by atoms with Gasteiger partial charge in [-0.2, -0.15) is 0 Å². The van der Waals surface area contributed by atoms with Crippen LogP contribution in [0.15, 0.2) is 18.3 Å². The molecule has 102 valence electrons. The van der Waals surface area contributed by atoms with E-state index in [2.05, 4.69) is 9.72 Å². The number of nitrogens with zero attached hydrogens (tertiary/aromatic N) is 1. The molecular formula is C13H18BNO4. The second kappa shape index (κ2) is 4.61. The Balaban J connectivity index is 2.19. The van der Waals surface area contributed by atoms with Gasteiger partial charge in [-0.3, -0.25) is 4.98 Å². The van der Waals surface area contributed by atoms with Crippen LogP contribution in [0.1, 0.15) is 38.1 Å². The number of hydrogen-bond donors (Lipinski definition) is 0. The largest absolute Gasteiger partial charge is 0.514 e. The molecule has 0 amide bonds. The van der Waals surface area contributed by atoms with Gasteiger partial charge in [-0.05, 0) is 39.8 Å². The molecule has 1 aliphatic rings. The molecule has 0 aliphatic carbocycles. The van der Waals surface area contributed by atoms with Gasteiger partial charge in [-0.1, -0.05) is 0 Å². The summed E-state index contributed by atoms with van der Waals surface area (Å²) in [7, 11) is 0.821. The smallest absolute Gasteiger partial charge is 0.465 e. The van der Waals surface area contributed by atoms with Gasteiger partial charge >= 0.3 is 13.1 Å². The Bertz CT molecular complexity index is 468. The fraction of sp³-hybridized carbons (Fsp3) is 0.538. The van der Waals surface area contributed by atoms with Crippen molar-refractivity contribution < 1.29 is 18.8 Å². The van der Waals surface area contributed by atoms with Gasteiger partial charge in [0.1, 0.15) is 0 Å². The van der Waals surface area contributed by atoms with Crippen LogP contribution in [0.4, 0.5) is 0 Å². The summed E-state index contributed by atoms with van der Waals surface area (Å²) in [4.78, 5) is 15.5. The number of aromatic nitrogens is 1. The van der Waals surface area contributed by atoms with Crippen molar-refractivity contribution in [1.29, 1.82) is 0 Å². The van der Waals surface area contributed by atoms with Crippen molar-refractivity contribution in [3.63, 3.8) is 0 Å². The second-order valence-electron chi connectivity index (χ2n) is 5.55. The number of rotatable bonds is 2. The molecular weight excluding hydrogens is 245 g/mol. The van der Waals surface area contributed by atoms with Gasteiger partial charge in [0.25, 0.3) is 0 Å². The highest BCUT2D eigenvalue weighted by atomic mass is 16.7. The molecule has 5 nitrogen and oxygen atoms in total. The summed E-state index contributed by atoms with van der Waals surface area (Å²) in [5.74, 6) is -0.409. The highest BCUT2D eigenvalue weighted by Crippen LogP contribution is 2.36. The van der Waals surface area contributed by atoms with Crippen molar-refractivity contribution in [3.8, 4) is 0 Å². The molecule has 1 aromatic heterocycles. The fourth-order valence-electron chi connectivity index (χ4n) is 1.75. The zero-order chi connectivity index (χ0) is 14.3. The summed E-state index contributed by atoms with van der Waals surface area (Å²) in [5.41, 5.74) is 0.245. The fourth-order valence-corrected chi connectivity index (χ4v) is 1.75. The molecule has 2 heterocycles. The van der Waals surface area contributed by atoms with Gasteiger partial charge < -0.3 is 14.0 Å². The number of pyridine rings is 1. The topological polar surface area (TPSA) is 57.7 Å². The normalized spacial score (nSPS) is 20.4. The van der Waals surface area contributed by atoms with Gasteiger partial charge in [0.2, 0.25) is 0 Å². The Morgan fingerprint density at radius 3 is 2.21 bits per heavy atom. The minimum Gasteiger partial charge on any atom is -0.465 e. The monoisotopic (exact) mass is 263 g/mol. The Kier molecular flexibility index (Phi) is 3.41. The van der Waals surface area contributed by atoms with E-state index in [0.29, 0.717) is 11.2 Å². The Hall–Kier alpha value is -1.40. The van der Waals surface area contributed by atoms with Gasteiger partial charge in [-0.15, -0.1) is 0 Å². The van der Waals surface area contributed by atoms with Crippen LogP contribution in [0.3, 0.4) is 0 Å². The van der Waals surface area contributed by atoms with E-state index in [4.69, 9.17) is 9.31 Å². The minimum absolute atomic E-state index is 0.402. The predicted molar refractivity (Wildman–Crippen MR) is 71.3 cm³/mol. The molecule has 0 unspecified atom stereocenters. The quantitative estimate of drug-likeness (QED) is 0.592. The first-order valence-corrected chi connectivity index (χ1v) is 6.17. The van der Waals surface area contributed by atoms with Crippen LogP contribution < -0.4 is 5.59 Å². The van der Waals surface area contributed by atoms with E-state index < -0.39 is 24.3 Å². The van der Waals surface area contributed by atoms with Gasteiger partial charge in [0.05, 0.1) is 29.5 Å². The molecule has 1 fully saturated rings. The van der Waals surface area contributed by atoms with Crippen LogP contribution in [-0.4, -0.2) is 36.4 Å². The zero-order valence-corrected chi connectivity index (χ0v) is 11.9. The minimum atomic E-state index is -0.517. The number of methoxy groups -OCH3 is 1. The maximum atomic E-state index is 11.3. The van der Waals surface area contributed by atoms with Crippen molar-refractivity contribution in [2.75, 3.05) is 7.11 Å². The molecule has 0 radical (unpaired) electrons. The highest BCUT2D eigenvalue weighted by molar-refractivity contribution is 6.61. The summed E-state index contributed by atoms with van der Waals surface area (Å²) in [5, 5.41) is 0. The maximum absolute atomic E-state index is 11.3. The van der Waals surface area contributed by atoms with Crippen molar-refractivity contribution in [3.05, 3.63) is 23.9 Å². The van der Waals surface area contributed by atoms with Crippen LogP contribution in [0.25, 0.3) is 0 Å². The first-order chi connectivity index (χ1) is 8.77. The van der Waals surface area contributed by atoms with Gasteiger partial charge in [-0.25, -0.2) is 4.79 Å². The predicted octanol–water partition coefficient (Wildman–Crippen LogP) is 1.17. The van der Waals surface area contributed by atoms with Crippen LogP contribution in [0.5, 0.6) is 0 Å². The Morgan fingerprint density at radius 2 is 1.79 bits per heavy atom. The van der Waals surface area contributed by atoms with Crippen molar-refractivity contribution in [1.82, 2.24) is 4.98 Å². The van der Waals surface area contributed by atoms with E-state index in [1.165, 1.54) is 13.3 Å². The van der Waals surface area contributed by atoms with Crippen LogP contribution in [0.2, 0.25) is 0 Å². The molecule has 0 N–H and O–H groups in total. The van der Waals surface area contributed by atoms with E-state index in [9.17, 15) is 4.79 Å². The van der Waals surface area contributed by atoms with Crippen LogP contribution >= 0.6 is 0 Å². The summed E-state index contributed by atoms with van der Waals surface area (Å²) >= 11 is 0. The molecule has 2 rings (SSSR count). The third kappa shape index (κ3) is 2.50. The molecule has 0 aromatic carbocycles. The summed E-state index contributed by atoms with van der Waals surface area (Å²) in [6, 6.07) is 3.37. The average molecular weight is 263 g/mol. The van der Waals surface area contributed by atoms with Crippen LogP contribution in [0, 0.1) is 0 Å². The third-order valence-electron chi connectivity index (χ3n) is 3.70. The number of hydrogen-bond acceptors (Lipinski definition) is 5. The van der Waals surface area contributed by atoms with E-state index in [1.54, 1.807) is 12.1 Å². The van der Waals surface area contributed by atoms with Gasteiger partial charge in [0.15, 0.2) is 0 Å². The molecule has 0 bridgehead atoms. The van der Waals surface area contributed by atoms with Gasteiger partial charge in [0, 0.05) is 6.20 Å². The molecule has 0 saturated carbocycles. The summed E-state index contributed by atoms with van der Waals surface area (Å²) in [6.45, 7) is 7.93. The zero-order valence-electron chi connectivity index (χ0n) is 11.9. The lowest BCUT2D eigenvalue weighted by Gasteiger charge is -2.32. The lowest BCUT2D eigenvalue weighted by molar-refractivity contribution is 0.00578. The first kappa shape index (κ1) is 14.0. The summed E-state index contributed by atoms with van der Waals surface area (Å²) in [6.07, 6.45) is 1.46. The standard InChI is InChI=1S/C13H18BNO4/c1-12(2)13(3,4)19-14(18-12)10-7-6-9(8-15-10)11(16)17-5/h6-8H,1-5H3. The lowest BCUT2D eigenvalue weighted by Crippen LogP contribution is -2.41. The van der Waals surface area contributed by atoms with Crippen LogP contribution in [-0.2, 0) is 14.0 Å². The number of carbonyl (C=O) groups is 1. The van der Waals surface area contributed by atoms with E-state index in [-0.39, 0.29) is 0 Å². The summed E-state index contributed by atoms with van der Waals surface area (Å²) < 4.78 is 16.4. The molecule has 1 aromatic rings. The Morgan fingerprint density at radius 1 is 1.21 bits per heavy atom. The number of esters is 1. The van der Waals surface area contributed by atoms with Crippen molar-refractivity contribution in [2.24, 2.45) is 0 Å². The lowest BCUT2D eigenvalue weighted by atomic mass is 9.84. The molecule has 0 spiro atoms. The number of carbonyl (C=O) groups excluding carboxylic acids is 1. The molecule has 1 saturated heterocycles. The number of ether oxygens (including phenoxy) is 1. The molecule has 1 aliphatic heterocycles. The maximum Gasteiger partial charge on any atom is 0.514 e. The van der Waals surface area contributed by atoms with E-state index >= 15 is 0 Å². The molecule has 19 heavy (non-hydrogen) atoms. The first-order valence-electron chi connectivity index (χ1n) is 6.17. The van der Waals surface area contributed by atoms with Crippen molar-refractivity contribution in [2.45, 2.75) is 38.9 Å². The van der Waals surface area contributed by atoms with E-state index in [0.717, 1.165) is 0 Å². The molecule has 0 atom stereocenters. The average Bonchev–Trinajstić information content (AvgIpc) is 2.58. The SMILES string of the molecule is COC(=O)c1ccc(B2OC(C)(C)C(C)(C)O2)nc1. The van der Waals surface area contributed by atoms with E-state index in [1.807, 2.05) is 27.7 Å². The second-order valence-corrected chi connectivity index (χ2v) is 5.55. The Labute approximate surface area is 113 Å². The highest BCUT2D eigenvalue weighted by Gasteiger charge is 2.52.